The molecule has 2 aliphatic carbocycles. The van der Waals surface area contributed by atoms with E-state index in [4.69, 9.17) is 9.47 Å². The zero-order valence-corrected chi connectivity index (χ0v) is 19.0. The van der Waals surface area contributed by atoms with Gasteiger partial charge in [-0.1, -0.05) is 0 Å². The Hall–Kier alpha value is -1.55. The predicted octanol–water partition coefficient (Wildman–Crippen LogP) is 2.62. The van der Waals surface area contributed by atoms with Gasteiger partial charge in [0.1, 0.15) is 11.2 Å². The SMILES string of the molecule is CC(C)(C)OC(=O)NS(=O)(=O)N(C1CC1)C1CC2(C1)CN(C(=O)OC(C)(C)C)C2. The molecule has 2 amide bonds. The maximum Gasteiger partial charge on any atom is 0.422 e. The molecule has 0 aromatic heterocycles. The lowest BCUT2D eigenvalue weighted by Crippen LogP contribution is -2.69. The summed E-state index contributed by atoms with van der Waals surface area (Å²) in [5, 5.41) is 0. The van der Waals surface area contributed by atoms with Crippen LogP contribution in [0.5, 0.6) is 0 Å². The van der Waals surface area contributed by atoms with E-state index in [9.17, 15) is 18.0 Å². The summed E-state index contributed by atoms with van der Waals surface area (Å²) in [6.07, 6.45) is 1.66. The van der Waals surface area contributed by atoms with E-state index < -0.39 is 27.5 Å². The van der Waals surface area contributed by atoms with E-state index in [0.717, 1.165) is 12.8 Å². The first-order valence-electron chi connectivity index (χ1n) is 10.1. The lowest BCUT2D eigenvalue weighted by atomic mass is 9.60. The Bertz CT molecular complexity index is 765. The first-order valence-corrected chi connectivity index (χ1v) is 11.6. The molecule has 0 unspecified atom stereocenters. The second-order valence-electron chi connectivity index (χ2n) is 10.6. The molecular formula is C19H33N3O6S. The van der Waals surface area contributed by atoms with Crippen molar-refractivity contribution >= 4 is 22.4 Å². The summed E-state index contributed by atoms with van der Waals surface area (Å²) < 4.78 is 39.6. The summed E-state index contributed by atoms with van der Waals surface area (Å²) in [5.74, 6) is 0. The summed E-state index contributed by atoms with van der Waals surface area (Å²) in [6, 6.07) is -0.234. The lowest BCUT2D eigenvalue weighted by molar-refractivity contribution is -0.0960. The molecule has 10 heteroatoms. The number of nitrogens with one attached hydrogen (secondary N) is 1. The van der Waals surface area contributed by atoms with E-state index in [0.29, 0.717) is 25.9 Å². The largest absolute Gasteiger partial charge is 0.444 e. The second-order valence-corrected chi connectivity index (χ2v) is 12.1. The van der Waals surface area contributed by atoms with Gasteiger partial charge in [0.2, 0.25) is 0 Å². The molecule has 1 spiro atoms. The molecule has 0 atom stereocenters. The first kappa shape index (κ1) is 22.1. The van der Waals surface area contributed by atoms with Gasteiger partial charge in [0.25, 0.3) is 0 Å². The van der Waals surface area contributed by atoms with Gasteiger partial charge >= 0.3 is 22.4 Å². The first-order chi connectivity index (χ1) is 13.1. The van der Waals surface area contributed by atoms with Crippen LogP contribution in [0.1, 0.15) is 67.2 Å². The van der Waals surface area contributed by atoms with Gasteiger partial charge in [-0.05, 0) is 67.2 Å². The topological polar surface area (TPSA) is 105 Å². The van der Waals surface area contributed by atoms with Gasteiger partial charge < -0.3 is 14.4 Å². The summed E-state index contributed by atoms with van der Waals surface area (Å²) in [7, 11) is -3.98. The number of amides is 2. The minimum absolute atomic E-state index is 0.0455. The number of hydrogen-bond acceptors (Lipinski definition) is 6. The van der Waals surface area contributed by atoms with Crippen molar-refractivity contribution in [2.24, 2.45) is 5.41 Å². The van der Waals surface area contributed by atoms with Crippen LogP contribution in [0.15, 0.2) is 0 Å². The van der Waals surface area contributed by atoms with E-state index in [2.05, 4.69) is 4.72 Å². The van der Waals surface area contributed by atoms with Crippen molar-refractivity contribution < 1.29 is 27.5 Å². The maximum absolute atomic E-state index is 12.8. The quantitative estimate of drug-likeness (QED) is 0.734. The van der Waals surface area contributed by atoms with Gasteiger partial charge in [0.15, 0.2) is 0 Å². The Morgan fingerprint density at radius 3 is 1.93 bits per heavy atom. The van der Waals surface area contributed by atoms with Crippen molar-refractivity contribution in [1.29, 1.82) is 0 Å². The maximum atomic E-state index is 12.8. The van der Waals surface area contributed by atoms with Crippen LogP contribution in [0.3, 0.4) is 0 Å². The molecule has 0 bridgehead atoms. The molecule has 1 saturated heterocycles. The number of likely N-dealkylation sites (tertiary alicyclic amines) is 1. The molecule has 1 heterocycles. The van der Waals surface area contributed by atoms with Crippen molar-refractivity contribution in [2.45, 2.75) is 90.5 Å². The molecule has 3 fully saturated rings. The van der Waals surface area contributed by atoms with Gasteiger partial charge in [0, 0.05) is 30.6 Å². The van der Waals surface area contributed by atoms with Crippen LogP contribution in [-0.2, 0) is 19.7 Å². The minimum Gasteiger partial charge on any atom is -0.444 e. The highest BCUT2D eigenvalue weighted by molar-refractivity contribution is 7.87. The normalized spacial score (nSPS) is 22.1. The highest BCUT2D eigenvalue weighted by Gasteiger charge is 2.59. The molecule has 0 radical (unpaired) electrons. The third-order valence-electron chi connectivity index (χ3n) is 5.20. The van der Waals surface area contributed by atoms with Crippen molar-refractivity contribution in [3.63, 3.8) is 0 Å². The number of hydrogen-bond donors (Lipinski definition) is 1. The van der Waals surface area contributed by atoms with E-state index in [-0.39, 0.29) is 23.6 Å². The van der Waals surface area contributed by atoms with E-state index in [1.54, 1.807) is 25.7 Å². The molecular weight excluding hydrogens is 398 g/mol. The van der Waals surface area contributed by atoms with Crippen molar-refractivity contribution in [1.82, 2.24) is 13.9 Å². The van der Waals surface area contributed by atoms with Gasteiger partial charge in [-0.3, -0.25) is 0 Å². The predicted molar refractivity (Wildman–Crippen MR) is 106 cm³/mol. The van der Waals surface area contributed by atoms with Crippen LogP contribution in [-0.4, -0.2) is 66.2 Å². The molecule has 9 nitrogen and oxygen atoms in total. The van der Waals surface area contributed by atoms with Gasteiger partial charge in [-0.25, -0.2) is 14.3 Å². The Kier molecular flexibility index (Phi) is 5.35. The number of carbonyl (C=O) groups excluding carboxylic acids is 2. The Morgan fingerprint density at radius 1 is 0.966 bits per heavy atom. The summed E-state index contributed by atoms with van der Waals surface area (Å²) >= 11 is 0. The van der Waals surface area contributed by atoms with Gasteiger partial charge in [-0.15, -0.1) is 0 Å². The molecule has 2 saturated carbocycles. The minimum atomic E-state index is -3.98. The fourth-order valence-corrected chi connectivity index (χ4v) is 5.58. The van der Waals surface area contributed by atoms with Gasteiger partial charge in [0.05, 0.1) is 0 Å². The van der Waals surface area contributed by atoms with E-state index >= 15 is 0 Å². The highest BCUT2D eigenvalue weighted by atomic mass is 32.2. The van der Waals surface area contributed by atoms with Crippen LogP contribution in [0.25, 0.3) is 0 Å². The average Bonchev–Trinajstić information content (AvgIpc) is 3.17. The lowest BCUT2D eigenvalue weighted by Gasteiger charge is -2.60. The molecule has 3 rings (SSSR count). The smallest absolute Gasteiger partial charge is 0.422 e. The molecule has 3 aliphatic rings. The summed E-state index contributed by atoms with van der Waals surface area (Å²) in [4.78, 5) is 25.8. The van der Waals surface area contributed by atoms with E-state index in [1.165, 1.54) is 4.31 Å². The van der Waals surface area contributed by atoms with Crippen molar-refractivity contribution in [2.75, 3.05) is 13.1 Å². The summed E-state index contributed by atoms with van der Waals surface area (Å²) in [6.45, 7) is 11.7. The number of ether oxygens (including phenoxy) is 2. The van der Waals surface area contributed by atoms with Crippen LogP contribution in [0, 0.1) is 5.41 Å². The third-order valence-corrected chi connectivity index (χ3v) is 6.77. The standard InChI is InChI=1S/C19H33N3O6S/c1-17(2,3)27-15(23)20-29(25,26)22(13-7-8-13)14-9-19(10-14)11-21(12-19)16(24)28-18(4,5)6/h13-14H,7-12H2,1-6H3,(H,20,23). The number of rotatable bonds is 4. The van der Waals surface area contributed by atoms with E-state index in [1.807, 2.05) is 20.8 Å². The molecule has 29 heavy (non-hydrogen) atoms. The zero-order chi connectivity index (χ0) is 21.8. The molecule has 0 aromatic rings. The third kappa shape index (κ3) is 5.33. The molecule has 1 aliphatic heterocycles. The van der Waals surface area contributed by atoms with Crippen LogP contribution < -0.4 is 4.72 Å². The Balaban J connectivity index is 1.55. The molecule has 166 valence electrons. The van der Waals surface area contributed by atoms with Crippen LogP contribution >= 0.6 is 0 Å². The zero-order valence-electron chi connectivity index (χ0n) is 18.1. The molecule has 0 aromatic carbocycles. The fourth-order valence-electron chi connectivity index (χ4n) is 4.07. The number of nitrogens with zero attached hydrogens (tertiary/aromatic N) is 2. The fraction of sp³-hybridized carbons (Fsp3) is 0.895. The monoisotopic (exact) mass is 431 g/mol. The Labute approximate surface area is 173 Å². The van der Waals surface area contributed by atoms with Crippen LogP contribution in [0.2, 0.25) is 0 Å². The number of carbonyl (C=O) groups is 2. The van der Waals surface area contributed by atoms with Crippen molar-refractivity contribution in [3.8, 4) is 0 Å². The molecule has 1 N–H and O–H groups in total. The highest BCUT2D eigenvalue weighted by Crippen LogP contribution is 2.52. The summed E-state index contributed by atoms with van der Waals surface area (Å²) in [5.41, 5.74) is -1.36. The average molecular weight is 432 g/mol. The van der Waals surface area contributed by atoms with Crippen molar-refractivity contribution in [3.05, 3.63) is 0 Å². The second kappa shape index (κ2) is 7.01. The van der Waals surface area contributed by atoms with Crippen LogP contribution in [0.4, 0.5) is 9.59 Å². The Morgan fingerprint density at radius 2 is 1.48 bits per heavy atom. The van der Waals surface area contributed by atoms with Gasteiger partial charge in [-0.2, -0.15) is 12.7 Å².